The van der Waals surface area contributed by atoms with E-state index >= 15 is 0 Å². The van der Waals surface area contributed by atoms with Gasteiger partial charge in [-0.05, 0) is 11.1 Å². The predicted molar refractivity (Wildman–Crippen MR) is 61.8 cm³/mol. The molecule has 0 spiro atoms. The first-order valence-electron chi connectivity index (χ1n) is 4.73. The van der Waals surface area contributed by atoms with E-state index in [9.17, 15) is 0 Å². The molecule has 15 heavy (non-hydrogen) atoms. The van der Waals surface area contributed by atoms with Crippen LogP contribution in [0.15, 0.2) is 60.7 Å². The quantitative estimate of drug-likeness (QED) is 0.551. The van der Waals surface area contributed by atoms with Crippen molar-refractivity contribution in [3.05, 3.63) is 71.8 Å². The average Bonchev–Trinajstić information content (AvgIpc) is 2.29. The summed E-state index contributed by atoms with van der Waals surface area (Å²) in [7, 11) is 0. The molecule has 0 heterocycles. The summed E-state index contributed by atoms with van der Waals surface area (Å²) in [6.45, 7) is 0. The molecular formula is C14H12Ni. The van der Waals surface area contributed by atoms with Gasteiger partial charge in [-0.25, -0.2) is 0 Å². The average molecular weight is 239 g/mol. The van der Waals surface area contributed by atoms with Crippen molar-refractivity contribution in [3.8, 4) is 0 Å². The second-order valence-corrected chi connectivity index (χ2v) is 3.15. The van der Waals surface area contributed by atoms with Crippen molar-refractivity contribution in [2.24, 2.45) is 0 Å². The van der Waals surface area contributed by atoms with E-state index < -0.39 is 0 Å². The Balaban J connectivity index is 0.00000112. The molecule has 0 radical (unpaired) electrons. The Labute approximate surface area is 101 Å². The van der Waals surface area contributed by atoms with Crippen molar-refractivity contribution in [2.75, 3.05) is 0 Å². The van der Waals surface area contributed by atoms with Crippen LogP contribution in [0.3, 0.4) is 0 Å². The van der Waals surface area contributed by atoms with Crippen molar-refractivity contribution in [2.45, 2.75) is 0 Å². The smallest absolute Gasteiger partial charge is 0 e. The van der Waals surface area contributed by atoms with Crippen LogP contribution in [0, 0.1) is 0 Å². The Kier molecular flexibility index (Phi) is 4.86. The maximum absolute atomic E-state index is 2.12. The molecule has 2 aromatic carbocycles. The third-order valence-corrected chi connectivity index (χ3v) is 2.07. The predicted octanol–water partition coefficient (Wildman–Crippen LogP) is 3.85. The molecule has 1 heteroatoms. The monoisotopic (exact) mass is 238 g/mol. The van der Waals surface area contributed by atoms with E-state index in [2.05, 4.69) is 36.4 Å². The van der Waals surface area contributed by atoms with Gasteiger partial charge < -0.3 is 0 Å². The minimum atomic E-state index is 0. The SMILES string of the molecule is C(=Cc1ccccc1)c1ccccc1.[Ni]. The summed E-state index contributed by atoms with van der Waals surface area (Å²) in [6, 6.07) is 20.6. The molecule has 2 rings (SSSR count). The molecule has 0 amide bonds. The van der Waals surface area contributed by atoms with E-state index in [1.165, 1.54) is 11.1 Å². The van der Waals surface area contributed by atoms with E-state index in [0.29, 0.717) is 0 Å². The Hall–Kier alpha value is -1.33. The van der Waals surface area contributed by atoms with Crippen LogP contribution in [0.4, 0.5) is 0 Å². The Morgan fingerprint density at radius 3 is 1.20 bits per heavy atom. The fourth-order valence-corrected chi connectivity index (χ4v) is 1.32. The van der Waals surface area contributed by atoms with E-state index in [4.69, 9.17) is 0 Å². The van der Waals surface area contributed by atoms with E-state index in [-0.39, 0.29) is 16.5 Å². The first-order chi connectivity index (χ1) is 6.95. The zero-order valence-electron chi connectivity index (χ0n) is 8.24. The van der Waals surface area contributed by atoms with Gasteiger partial charge in [0.15, 0.2) is 0 Å². The Morgan fingerprint density at radius 2 is 0.867 bits per heavy atom. The summed E-state index contributed by atoms with van der Waals surface area (Å²) in [5, 5.41) is 0. The topological polar surface area (TPSA) is 0 Å². The molecule has 2 aromatic rings. The standard InChI is InChI=1S/C14H12.Ni/c1-3-7-13(8-4-1)11-12-14-9-5-2-6-10-14;/h1-12H;. The van der Waals surface area contributed by atoms with Gasteiger partial charge in [0.05, 0.1) is 0 Å². The molecule has 0 aliphatic heterocycles. The summed E-state index contributed by atoms with van der Waals surface area (Å²) in [6.07, 6.45) is 4.24. The van der Waals surface area contributed by atoms with Crippen LogP contribution in [0.1, 0.15) is 11.1 Å². The molecule has 0 saturated carbocycles. The molecule has 0 aromatic heterocycles. The van der Waals surface area contributed by atoms with Gasteiger partial charge in [-0.15, -0.1) is 0 Å². The summed E-state index contributed by atoms with van der Waals surface area (Å²) in [4.78, 5) is 0. The minimum absolute atomic E-state index is 0. The van der Waals surface area contributed by atoms with Crippen LogP contribution in [0.5, 0.6) is 0 Å². The number of rotatable bonds is 2. The first kappa shape index (κ1) is 11.7. The van der Waals surface area contributed by atoms with Gasteiger partial charge in [-0.3, -0.25) is 0 Å². The van der Waals surface area contributed by atoms with Crippen LogP contribution in [-0.4, -0.2) is 0 Å². The molecule has 0 atom stereocenters. The van der Waals surface area contributed by atoms with Crippen molar-refractivity contribution in [1.82, 2.24) is 0 Å². The second-order valence-electron chi connectivity index (χ2n) is 3.15. The Morgan fingerprint density at radius 1 is 0.533 bits per heavy atom. The molecule has 0 nitrogen and oxygen atoms in total. The first-order valence-corrected chi connectivity index (χ1v) is 4.73. The van der Waals surface area contributed by atoms with E-state index in [0.717, 1.165) is 0 Å². The van der Waals surface area contributed by atoms with Crippen LogP contribution >= 0.6 is 0 Å². The number of hydrogen-bond acceptors (Lipinski definition) is 0. The van der Waals surface area contributed by atoms with Crippen LogP contribution < -0.4 is 0 Å². The molecule has 0 saturated heterocycles. The fraction of sp³-hybridized carbons (Fsp3) is 0. The van der Waals surface area contributed by atoms with Crippen LogP contribution in [0.25, 0.3) is 12.2 Å². The van der Waals surface area contributed by atoms with Gasteiger partial charge in [0.1, 0.15) is 0 Å². The fourth-order valence-electron chi connectivity index (χ4n) is 1.32. The third kappa shape index (κ3) is 3.73. The molecule has 0 N–H and O–H groups in total. The molecular weight excluding hydrogens is 227 g/mol. The van der Waals surface area contributed by atoms with Crippen molar-refractivity contribution in [3.63, 3.8) is 0 Å². The van der Waals surface area contributed by atoms with Crippen LogP contribution in [-0.2, 0) is 16.5 Å². The minimum Gasteiger partial charge on any atom is -0.0622 e. The Bertz CT molecular complexity index is 362. The molecule has 78 valence electrons. The molecule has 0 aliphatic rings. The van der Waals surface area contributed by atoms with Gasteiger partial charge >= 0.3 is 0 Å². The largest absolute Gasteiger partial charge is 0.0622 e. The zero-order valence-corrected chi connectivity index (χ0v) is 9.23. The molecule has 0 fully saturated rings. The number of hydrogen-bond donors (Lipinski definition) is 0. The van der Waals surface area contributed by atoms with E-state index in [1.807, 2.05) is 36.4 Å². The summed E-state index contributed by atoms with van der Waals surface area (Å²) < 4.78 is 0. The second kappa shape index (κ2) is 6.21. The summed E-state index contributed by atoms with van der Waals surface area (Å²) in [5.74, 6) is 0. The maximum atomic E-state index is 2.12. The van der Waals surface area contributed by atoms with Gasteiger partial charge in [-0.1, -0.05) is 72.8 Å². The summed E-state index contributed by atoms with van der Waals surface area (Å²) >= 11 is 0. The van der Waals surface area contributed by atoms with Gasteiger partial charge in [0, 0.05) is 16.5 Å². The maximum Gasteiger partial charge on any atom is 0 e. The van der Waals surface area contributed by atoms with E-state index in [1.54, 1.807) is 0 Å². The van der Waals surface area contributed by atoms with Crippen LogP contribution in [0.2, 0.25) is 0 Å². The normalized spacial score (nSPS) is 9.87. The van der Waals surface area contributed by atoms with Gasteiger partial charge in [-0.2, -0.15) is 0 Å². The van der Waals surface area contributed by atoms with Crippen molar-refractivity contribution < 1.29 is 16.5 Å². The molecule has 0 aliphatic carbocycles. The van der Waals surface area contributed by atoms with Gasteiger partial charge in [0.2, 0.25) is 0 Å². The number of benzene rings is 2. The molecule has 0 bridgehead atoms. The molecule has 0 unspecified atom stereocenters. The van der Waals surface area contributed by atoms with Crippen molar-refractivity contribution in [1.29, 1.82) is 0 Å². The third-order valence-electron chi connectivity index (χ3n) is 2.07. The van der Waals surface area contributed by atoms with Crippen molar-refractivity contribution >= 4 is 12.2 Å². The van der Waals surface area contributed by atoms with Gasteiger partial charge in [0.25, 0.3) is 0 Å². The summed E-state index contributed by atoms with van der Waals surface area (Å²) in [5.41, 5.74) is 2.47. The zero-order chi connectivity index (χ0) is 9.64.